The van der Waals surface area contributed by atoms with Gasteiger partial charge in [-0.05, 0) is 54.8 Å². The first-order chi connectivity index (χ1) is 14.8. The van der Waals surface area contributed by atoms with Crippen molar-refractivity contribution in [3.63, 3.8) is 0 Å². The summed E-state index contributed by atoms with van der Waals surface area (Å²) >= 11 is 11.8. The fraction of sp³-hybridized carbons (Fsp3) is 0.238. The molecule has 31 heavy (non-hydrogen) atoms. The maximum atomic E-state index is 12.6. The Balaban J connectivity index is 1.55. The molecule has 1 amide bonds. The fourth-order valence-corrected chi connectivity index (χ4v) is 5.02. The van der Waals surface area contributed by atoms with Crippen molar-refractivity contribution >= 4 is 56.9 Å². The topological polar surface area (TPSA) is 92.8 Å². The molecule has 10 heteroatoms. The molecule has 0 bridgehead atoms. The predicted molar refractivity (Wildman–Crippen MR) is 120 cm³/mol. The number of esters is 1. The van der Waals surface area contributed by atoms with Crippen molar-refractivity contribution in [1.82, 2.24) is 4.31 Å². The van der Waals surface area contributed by atoms with Gasteiger partial charge in [0.25, 0.3) is 5.91 Å². The molecule has 3 rings (SSSR count). The Hall–Kier alpha value is -2.39. The van der Waals surface area contributed by atoms with E-state index < -0.39 is 28.5 Å². The first-order valence-corrected chi connectivity index (χ1v) is 11.7. The summed E-state index contributed by atoms with van der Waals surface area (Å²) in [6.07, 6.45) is 4.26. The summed E-state index contributed by atoms with van der Waals surface area (Å²) < 4.78 is 31.6. The van der Waals surface area contributed by atoms with Crippen LogP contribution in [0.15, 0.2) is 53.4 Å². The van der Waals surface area contributed by atoms with Gasteiger partial charge in [-0.15, -0.1) is 0 Å². The van der Waals surface area contributed by atoms with Crippen molar-refractivity contribution < 1.29 is 22.7 Å². The van der Waals surface area contributed by atoms with Crippen molar-refractivity contribution in [2.75, 3.05) is 25.0 Å². The molecular weight excluding hydrogens is 463 g/mol. The average molecular weight is 483 g/mol. The number of carbonyl (C=O) groups excluding carboxylic acids is 2. The zero-order valence-corrected chi connectivity index (χ0v) is 18.7. The van der Waals surface area contributed by atoms with E-state index >= 15 is 0 Å². The van der Waals surface area contributed by atoms with Crippen molar-refractivity contribution in [3.8, 4) is 0 Å². The monoisotopic (exact) mass is 482 g/mol. The van der Waals surface area contributed by atoms with Gasteiger partial charge in [0, 0.05) is 34.9 Å². The van der Waals surface area contributed by atoms with E-state index in [1.165, 1.54) is 22.5 Å². The Morgan fingerprint density at radius 1 is 1.10 bits per heavy atom. The molecule has 1 heterocycles. The lowest BCUT2D eigenvalue weighted by molar-refractivity contribution is -0.142. The lowest BCUT2D eigenvalue weighted by atomic mass is 10.2. The zero-order valence-electron chi connectivity index (χ0n) is 16.4. The van der Waals surface area contributed by atoms with Crippen LogP contribution in [0.2, 0.25) is 10.0 Å². The van der Waals surface area contributed by atoms with Gasteiger partial charge in [-0.25, -0.2) is 13.2 Å². The van der Waals surface area contributed by atoms with E-state index in [0.29, 0.717) is 34.4 Å². The molecule has 7 nitrogen and oxygen atoms in total. The summed E-state index contributed by atoms with van der Waals surface area (Å²) in [5.74, 6) is -1.33. The van der Waals surface area contributed by atoms with Gasteiger partial charge in [-0.1, -0.05) is 35.3 Å². The number of rotatable bonds is 7. The van der Waals surface area contributed by atoms with Gasteiger partial charge < -0.3 is 10.1 Å². The van der Waals surface area contributed by atoms with E-state index in [2.05, 4.69) is 5.32 Å². The molecule has 0 aliphatic carbocycles. The standard InChI is InChI=1S/C21H20Cl2N2O5S/c22-16-8-6-15(19(23)12-16)7-9-21(27)30-14-20(26)24-17-4-3-5-18(13-17)31(28,29)25-10-1-2-11-25/h3-9,12-13H,1-2,10-11,14H2,(H,24,26)/b9-7+. The Bertz CT molecular complexity index is 1110. The molecule has 0 unspecified atom stereocenters. The molecule has 164 valence electrons. The van der Waals surface area contributed by atoms with Gasteiger partial charge in [0.2, 0.25) is 10.0 Å². The Morgan fingerprint density at radius 2 is 1.84 bits per heavy atom. The summed E-state index contributed by atoms with van der Waals surface area (Å²) in [6, 6.07) is 10.8. The van der Waals surface area contributed by atoms with Crippen LogP contribution < -0.4 is 5.32 Å². The first kappa shape index (κ1) is 23.3. The largest absolute Gasteiger partial charge is 0.452 e. The number of carbonyl (C=O) groups is 2. The molecule has 2 aromatic carbocycles. The maximum absolute atomic E-state index is 12.6. The number of halogens is 2. The van der Waals surface area contributed by atoms with Gasteiger partial charge in [0.15, 0.2) is 6.61 Å². The molecule has 1 N–H and O–H groups in total. The lowest BCUT2D eigenvalue weighted by Gasteiger charge is -2.16. The summed E-state index contributed by atoms with van der Waals surface area (Å²) in [7, 11) is -3.59. The van der Waals surface area contributed by atoms with E-state index in [-0.39, 0.29) is 4.90 Å². The minimum atomic E-state index is -3.59. The summed E-state index contributed by atoms with van der Waals surface area (Å²) in [5, 5.41) is 3.37. The van der Waals surface area contributed by atoms with Crippen LogP contribution in [-0.2, 0) is 24.3 Å². The van der Waals surface area contributed by atoms with Crippen LogP contribution >= 0.6 is 23.2 Å². The minimum absolute atomic E-state index is 0.104. The van der Waals surface area contributed by atoms with E-state index in [4.69, 9.17) is 27.9 Å². The molecule has 0 aromatic heterocycles. The van der Waals surface area contributed by atoms with Crippen molar-refractivity contribution in [1.29, 1.82) is 0 Å². The normalized spacial score (nSPS) is 14.6. The van der Waals surface area contributed by atoms with Crippen LogP contribution in [0.5, 0.6) is 0 Å². The number of hydrogen-bond donors (Lipinski definition) is 1. The zero-order chi connectivity index (χ0) is 22.4. The van der Waals surface area contributed by atoms with E-state index in [1.807, 2.05) is 0 Å². The third kappa shape index (κ3) is 6.30. The predicted octanol–water partition coefficient (Wildman–Crippen LogP) is 3.97. The number of nitrogens with zero attached hydrogens (tertiary/aromatic N) is 1. The lowest BCUT2D eigenvalue weighted by Crippen LogP contribution is -2.28. The van der Waals surface area contributed by atoms with Gasteiger partial charge in [-0.3, -0.25) is 4.79 Å². The van der Waals surface area contributed by atoms with Crippen molar-refractivity contribution in [3.05, 3.63) is 64.1 Å². The highest BCUT2D eigenvalue weighted by Gasteiger charge is 2.27. The number of hydrogen-bond acceptors (Lipinski definition) is 5. The molecule has 2 aromatic rings. The Morgan fingerprint density at radius 3 is 2.55 bits per heavy atom. The molecule has 0 spiro atoms. The second-order valence-corrected chi connectivity index (χ2v) is 9.58. The average Bonchev–Trinajstić information content (AvgIpc) is 3.28. The SMILES string of the molecule is O=C(COC(=O)/C=C/c1ccc(Cl)cc1Cl)Nc1cccc(S(=O)(=O)N2CCCC2)c1. The van der Waals surface area contributed by atoms with Crippen LogP contribution in [0.4, 0.5) is 5.69 Å². The number of amides is 1. The highest BCUT2D eigenvalue weighted by molar-refractivity contribution is 7.89. The molecule has 1 aliphatic rings. The van der Waals surface area contributed by atoms with Crippen LogP contribution in [-0.4, -0.2) is 44.3 Å². The second-order valence-electron chi connectivity index (χ2n) is 6.79. The van der Waals surface area contributed by atoms with Crippen LogP contribution in [0.1, 0.15) is 18.4 Å². The summed E-state index contributed by atoms with van der Waals surface area (Å²) in [6.45, 7) is 0.452. The third-order valence-corrected chi connectivity index (χ3v) is 6.98. The van der Waals surface area contributed by atoms with Gasteiger partial charge in [-0.2, -0.15) is 4.31 Å². The molecule has 0 radical (unpaired) electrons. The van der Waals surface area contributed by atoms with E-state index in [1.54, 1.807) is 30.3 Å². The third-order valence-electron chi connectivity index (χ3n) is 4.53. The van der Waals surface area contributed by atoms with Crippen molar-refractivity contribution in [2.45, 2.75) is 17.7 Å². The van der Waals surface area contributed by atoms with Crippen LogP contribution in [0.25, 0.3) is 6.08 Å². The van der Waals surface area contributed by atoms with Crippen molar-refractivity contribution in [2.24, 2.45) is 0 Å². The molecule has 0 saturated carbocycles. The highest BCUT2D eigenvalue weighted by atomic mass is 35.5. The molecule has 0 atom stereocenters. The molecule has 1 saturated heterocycles. The van der Waals surface area contributed by atoms with Crippen LogP contribution in [0, 0.1) is 0 Å². The molecular formula is C21H20Cl2N2O5S. The maximum Gasteiger partial charge on any atom is 0.331 e. The Labute approximate surface area is 190 Å². The number of sulfonamides is 1. The summed E-state index contributed by atoms with van der Waals surface area (Å²) in [5.41, 5.74) is 0.869. The number of benzene rings is 2. The van der Waals surface area contributed by atoms with Gasteiger partial charge in [0.05, 0.1) is 4.90 Å². The molecule has 1 aliphatic heterocycles. The summed E-state index contributed by atoms with van der Waals surface area (Å²) in [4.78, 5) is 24.0. The van der Waals surface area contributed by atoms with E-state index in [0.717, 1.165) is 18.9 Å². The minimum Gasteiger partial charge on any atom is -0.452 e. The molecule has 1 fully saturated rings. The second kappa shape index (κ2) is 10.3. The number of ether oxygens (including phenoxy) is 1. The van der Waals surface area contributed by atoms with Gasteiger partial charge >= 0.3 is 5.97 Å². The number of nitrogens with one attached hydrogen (secondary N) is 1. The quantitative estimate of drug-likeness (QED) is 0.475. The first-order valence-electron chi connectivity index (χ1n) is 9.46. The number of anilines is 1. The fourth-order valence-electron chi connectivity index (χ4n) is 2.99. The van der Waals surface area contributed by atoms with Crippen LogP contribution in [0.3, 0.4) is 0 Å². The Kier molecular flexibility index (Phi) is 7.72. The van der Waals surface area contributed by atoms with Gasteiger partial charge in [0.1, 0.15) is 0 Å². The highest BCUT2D eigenvalue weighted by Crippen LogP contribution is 2.23. The smallest absolute Gasteiger partial charge is 0.331 e. The van der Waals surface area contributed by atoms with E-state index in [9.17, 15) is 18.0 Å².